The first-order valence-corrected chi connectivity index (χ1v) is 5.60. The average Bonchev–Trinajstić information content (AvgIpc) is 2.37. The summed E-state index contributed by atoms with van der Waals surface area (Å²) in [5.41, 5.74) is 1.58. The maximum atomic E-state index is 9.19. The molecule has 0 aliphatic carbocycles. The van der Waals surface area contributed by atoms with Crippen molar-refractivity contribution in [2.75, 3.05) is 0 Å². The Morgan fingerprint density at radius 1 is 1.18 bits per heavy atom. The van der Waals surface area contributed by atoms with E-state index in [-0.39, 0.29) is 11.8 Å². The maximum Gasteiger partial charge on any atom is 0.138 e. The molecule has 0 amide bonds. The zero-order valence-corrected chi connectivity index (χ0v) is 9.89. The summed E-state index contributed by atoms with van der Waals surface area (Å²) in [6.07, 6.45) is 1.56. The van der Waals surface area contributed by atoms with Gasteiger partial charge in [0, 0.05) is 6.20 Å². The number of aromatic nitrogens is 1. The van der Waals surface area contributed by atoms with Crippen LogP contribution in [0.5, 0.6) is 5.75 Å². The molecule has 1 N–H and O–H groups in total. The van der Waals surface area contributed by atoms with E-state index in [2.05, 4.69) is 4.98 Å². The van der Waals surface area contributed by atoms with Gasteiger partial charge in [0.2, 0.25) is 0 Å². The lowest BCUT2D eigenvalue weighted by Crippen LogP contribution is -2.00. The number of nitrogens with zero attached hydrogens (tertiary/aromatic N) is 1. The van der Waals surface area contributed by atoms with Gasteiger partial charge in [0.05, 0.1) is 12.2 Å². The highest BCUT2D eigenvalue weighted by atomic mass is 35.5. The van der Waals surface area contributed by atoms with Crippen LogP contribution in [0.4, 0.5) is 0 Å². The first kappa shape index (κ1) is 11.9. The largest absolute Gasteiger partial charge is 0.488 e. The van der Waals surface area contributed by atoms with Crippen molar-refractivity contribution in [2.45, 2.75) is 13.2 Å². The molecule has 17 heavy (non-hydrogen) atoms. The second kappa shape index (κ2) is 5.66. The van der Waals surface area contributed by atoms with Crippen LogP contribution in [0.2, 0.25) is 5.15 Å². The Morgan fingerprint density at radius 2 is 1.94 bits per heavy atom. The van der Waals surface area contributed by atoms with Crippen LogP contribution >= 0.6 is 11.6 Å². The molecule has 0 aliphatic heterocycles. The van der Waals surface area contributed by atoms with Crippen LogP contribution in [0.3, 0.4) is 0 Å². The maximum absolute atomic E-state index is 9.19. The number of rotatable bonds is 4. The topological polar surface area (TPSA) is 42.4 Å². The Bertz CT molecular complexity index is 488. The van der Waals surface area contributed by atoms with Crippen molar-refractivity contribution in [1.82, 2.24) is 4.98 Å². The molecule has 1 heterocycles. The molecule has 1 aromatic heterocycles. The third kappa shape index (κ3) is 2.96. The highest BCUT2D eigenvalue weighted by molar-refractivity contribution is 6.30. The molecule has 2 aromatic rings. The molecule has 0 radical (unpaired) electrons. The molecule has 0 bridgehead atoms. The van der Waals surface area contributed by atoms with E-state index >= 15 is 0 Å². The zero-order valence-electron chi connectivity index (χ0n) is 9.14. The van der Waals surface area contributed by atoms with Crippen LogP contribution in [0.15, 0.2) is 42.6 Å². The Morgan fingerprint density at radius 3 is 2.65 bits per heavy atom. The zero-order chi connectivity index (χ0) is 12.1. The second-order valence-electron chi connectivity index (χ2n) is 3.51. The molecule has 88 valence electrons. The molecule has 0 atom stereocenters. The number of aliphatic hydroxyl groups excluding tert-OH is 1. The van der Waals surface area contributed by atoms with Gasteiger partial charge in [-0.2, -0.15) is 0 Å². The van der Waals surface area contributed by atoms with Gasteiger partial charge in [-0.15, -0.1) is 0 Å². The molecule has 0 spiro atoms. The fourth-order valence-electron chi connectivity index (χ4n) is 1.46. The van der Waals surface area contributed by atoms with E-state index in [0.29, 0.717) is 17.9 Å². The predicted molar refractivity (Wildman–Crippen MR) is 65.9 cm³/mol. The molecule has 2 rings (SSSR count). The summed E-state index contributed by atoms with van der Waals surface area (Å²) in [6.45, 7) is 0.255. The molecule has 0 unspecified atom stereocenters. The van der Waals surface area contributed by atoms with Crippen molar-refractivity contribution in [2.24, 2.45) is 0 Å². The van der Waals surface area contributed by atoms with E-state index in [1.165, 1.54) is 0 Å². The van der Waals surface area contributed by atoms with Crippen LogP contribution in [-0.2, 0) is 13.2 Å². The number of hydrogen-bond acceptors (Lipinski definition) is 3. The Hall–Kier alpha value is -1.58. The van der Waals surface area contributed by atoms with E-state index in [0.717, 1.165) is 5.56 Å². The Kier molecular flexibility index (Phi) is 3.96. The fourth-order valence-corrected chi connectivity index (χ4v) is 1.67. The monoisotopic (exact) mass is 249 g/mol. The molecule has 0 saturated heterocycles. The smallest absolute Gasteiger partial charge is 0.138 e. The summed E-state index contributed by atoms with van der Waals surface area (Å²) in [7, 11) is 0. The van der Waals surface area contributed by atoms with E-state index in [9.17, 15) is 5.11 Å². The molecule has 0 aliphatic rings. The molecule has 0 fully saturated rings. The van der Waals surface area contributed by atoms with Crippen molar-refractivity contribution in [1.29, 1.82) is 0 Å². The summed E-state index contributed by atoms with van der Waals surface area (Å²) in [5, 5.41) is 9.47. The quantitative estimate of drug-likeness (QED) is 0.848. The van der Waals surface area contributed by atoms with Crippen LogP contribution in [0.25, 0.3) is 0 Å². The van der Waals surface area contributed by atoms with Crippen molar-refractivity contribution in [3.8, 4) is 5.75 Å². The number of halogens is 1. The van der Waals surface area contributed by atoms with Crippen LogP contribution in [0.1, 0.15) is 11.1 Å². The number of benzene rings is 1. The first-order chi connectivity index (χ1) is 8.31. The molecular weight excluding hydrogens is 238 g/mol. The summed E-state index contributed by atoms with van der Waals surface area (Å²) in [5.74, 6) is 0.566. The molecular formula is C13H12ClNO2. The summed E-state index contributed by atoms with van der Waals surface area (Å²) < 4.78 is 5.61. The summed E-state index contributed by atoms with van der Waals surface area (Å²) in [4.78, 5) is 3.89. The van der Waals surface area contributed by atoms with Crippen LogP contribution in [-0.4, -0.2) is 10.1 Å². The van der Waals surface area contributed by atoms with Gasteiger partial charge in [-0.05, 0) is 11.6 Å². The second-order valence-corrected chi connectivity index (χ2v) is 3.87. The van der Waals surface area contributed by atoms with E-state index in [1.54, 1.807) is 12.3 Å². The normalized spacial score (nSPS) is 10.2. The van der Waals surface area contributed by atoms with Crippen molar-refractivity contribution in [3.05, 3.63) is 58.9 Å². The van der Waals surface area contributed by atoms with Gasteiger partial charge >= 0.3 is 0 Å². The highest BCUT2D eigenvalue weighted by Crippen LogP contribution is 2.24. The summed E-state index contributed by atoms with van der Waals surface area (Å²) in [6, 6.07) is 11.5. The van der Waals surface area contributed by atoms with E-state index < -0.39 is 0 Å². The van der Waals surface area contributed by atoms with Crippen molar-refractivity contribution < 1.29 is 9.84 Å². The van der Waals surface area contributed by atoms with Gasteiger partial charge in [0.1, 0.15) is 17.5 Å². The SMILES string of the molecule is OCc1c(OCc2ccccc2)ccnc1Cl. The molecule has 3 nitrogen and oxygen atoms in total. The Labute approximate surface area is 105 Å². The first-order valence-electron chi connectivity index (χ1n) is 5.22. The lowest BCUT2D eigenvalue weighted by Gasteiger charge is -2.10. The summed E-state index contributed by atoms with van der Waals surface area (Å²) >= 11 is 5.86. The fraction of sp³-hybridized carbons (Fsp3) is 0.154. The average molecular weight is 250 g/mol. The lowest BCUT2D eigenvalue weighted by molar-refractivity contribution is 0.258. The number of aliphatic hydroxyl groups is 1. The molecule has 4 heteroatoms. The van der Waals surface area contributed by atoms with Crippen LogP contribution < -0.4 is 4.74 Å². The van der Waals surface area contributed by atoms with Crippen molar-refractivity contribution >= 4 is 11.6 Å². The van der Waals surface area contributed by atoms with Gasteiger partial charge in [-0.25, -0.2) is 4.98 Å². The third-order valence-corrected chi connectivity index (χ3v) is 2.68. The standard InChI is InChI=1S/C13H12ClNO2/c14-13-11(8-16)12(6-7-15-13)17-9-10-4-2-1-3-5-10/h1-7,16H,8-9H2. The lowest BCUT2D eigenvalue weighted by atomic mass is 10.2. The van der Waals surface area contributed by atoms with Gasteiger partial charge in [0.15, 0.2) is 0 Å². The number of ether oxygens (including phenoxy) is 1. The predicted octanol–water partition coefficient (Wildman–Crippen LogP) is 2.81. The molecule has 0 saturated carbocycles. The minimum atomic E-state index is -0.184. The Balaban J connectivity index is 2.12. The van der Waals surface area contributed by atoms with Gasteiger partial charge in [-0.3, -0.25) is 0 Å². The minimum Gasteiger partial charge on any atom is -0.488 e. The minimum absolute atomic E-state index is 0.184. The number of hydrogen-bond donors (Lipinski definition) is 1. The van der Waals surface area contributed by atoms with E-state index in [4.69, 9.17) is 16.3 Å². The van der Waals surface area contributed by atoms with E-state index in [1.807, 2.05) is 30.3 Å². The highest BCUT2D eigenvalue weighted by Gasteiger charge is 2.08. The number of pyridine rings is 1. The van der Waals surface area contributed by atoms with Crippen LogP contribution in [0, 0.1) is 0 Å². The van der Waals surface area contributed by atoms with Gasteiger partial charge in [-0.1, -0.05) is 41.9 Å². The molecule has 1 aromatic carbocycles. The van der Waals surface area contributed by atoms with Gasteiger partial charge in [0.25, 0.3) is 0 Å². The van der Waals surface area contributed by atoms with Crippen molar-refractivity contribution in [3.63, 3.8) is 0 Å². The van der Waals surface area contributed by atoms with Gasteiger partial charge < -0.3 is 9.84 Å². The third-order valence-electron chi connectivity index (χ3n) is 2.36.